The van der Waals surface area contributed by atoms with Crippen LogP contribution in [0, 0.1) is 5.82 Å². The third kappa shape index (κ3) is 3.85. The molecule has 156 valence electrons. The maximum atomic E-state index is 13.9. The van der Waals surface area contributed by atoms with Gasteiger partial charge in [-0.05, 0) is 30.7 Å². The largest absolute Gasteiger partial charge is 0.456 e. The minimum absolute atomic E-state index is 0.0296. The molecule has 0 spiro atoms. The second-order valence-corrected chi connectivity index (χ2v) is 7.31. The molecule has 0 fully saturated rings. The highest BCUT2D eigenvalue weighted by atomic mass is 35.5. The SMILES string of the molecule is CC(F)(F)c1cc(F)ccc1Oc1ccnc2c1CCN(c1cn[nH]c(=O)c1Cl)C2. The number of nitrogens with one attached hydrogen (secondary N) is 1. The van der Waals surface area contributed by atoms with Crippen molar-refractivity contribution in [2.45, 2.75) is 25.8 Å². The topological polar surface area (TPSA) is 71.1 Å². The lowest BCUT2D eigenvalue weighted by Gasteiger charge is -2.31. The standard InChI is InChI=1S/C20H16ClF3N4O2/c1-20(23,24)13-8-11(22)2-3-17(13)30-16-4-6-25-14-10-28(7-5-12(14)16)15-9-26-27-19(29)18(15)21/h2-4,6,8-9H,5,7,10H2,1H3,(H,27,29). The van der Waals surface area contributed by atoms with Crippen LogP contribution >= 0.6 is 11.6 Å². The summed E-state index contributed by atoms with van der Waals surface area (Å²) in [5, 5.41) is 6.08. The fourth-order valence-corrected chi connectivity index (χ4v) is 3.59. The van der Waals surface area contributed by atoms with Crippen molar-refractivity contribution in [3.63, 3.8) is 0 Å². The second kappa shape index (κ2) is 7.64. The van der Waals surface area contributed by atoms with E-state index in [0.29, 0.717) is 43.6 Å². The number of anilines is 1. The van der Waals surface area contributed by atoms with Crippen molar-refractivity contribution in [1.29, 1.82) is 0 Å². The minimum atomic E-state index is -3.27. The number of ether oxygens (including phenoxy) is 1. The Morgan fingerprint density at radius 3 is 2.83 bits per heavy atom. The van der Waals surface area contributed by atoms with Crippen molar-refractivity contribution in [2.24, 2.45) is 0 Å². The molecule has 0 saturated heterocycles. The van der Waals surface area contributed by atoms with Crippen LogP contribution in [0.2, 0.25) is 5.02 Å². The van der Waals surface area contributed by atoms with E-state index in [1.54, 1.807) is 6.07 Å². The van der Waals surface area contributed by atoms with E-state index in [-0.39, 0.29) is 10.8 Å². The normalized spacial score (nSPS) is 13.8. The highest BCUT2D eigenvalue weighted by Crippen LogP contribution is 2.39. The van der Waals surface area contributed by atoms with Crippen molar-refractivity contribution in [3.05, 3.63) is 74.7 Å². The van der Waals surface area contributed by atoms with E-state index in [9.17, 15) is 18.0 Å². The molecule has 6 nitrogen and oxygen atoms in total. The molecule has 1 aliphatic heterocycles. The van der Waals surface area contributed by atoms with Crippen LogP contribution in [0.4, 0.5) is 18.9 Å². The molecule has 0 saturated carbocycles. The van der Waals surface area contributed by atoms with Gasteiger partial charge in [0.15, 0.2) is 0 Å². The maximum absolute atomic E-state index is 13.9. The molecular formula is C20H16ClF3N4O2. The Bertz CT molecular complexity index is 1160. The molecule has 1 aliphatic rings. The Labute approximate surface area is 174 Å². The van der Waals surface area contributed by atoms with Crippen LogP contribution in [0.3, 0.4) is 0 Å². The number of alkyl halides is 2. The highest BCUT2D eigenvalue weighted by Gasteiger charge is 2.30. The van der Waals surface area contributed by atoms with Gasteiger partial charge in [-0.1, -0.05) is 11.6 Å². The summed E-state index contributed by atoms with van der Waals surface area (Å²) >= 11 is 6.09. The Kier molecular flexibility index (Phi) is 5.15. The average molecular weight is 437 g/mol. The minimum Gasteiger partial charge on any atom is -0.456 e. The molecule has 0 unspecified atom stereocenters. The third-order valence-electron chi connectivity index (χ3n) is 4.83. The Balaban J connectivity index is 1.66. The number of hydrogen-bond donors (Lipinski definition) is 1. The number of aromatic amines is 1. The number of aromatic nitrogens is 3. The van der Waals surface area contributed by atoms with E-state index >= 15 is 0 Å². The number of benzene rings is 1. The summed E-state index contributed by atoms with van der Waals surface area (Å²) in [4.78, 5) is 17.9. The number of halogens is 4. The summed E-state index contributed by atoms with van der Waals surface area (Å²) in [6, 6.07) is 4.61. The van der Waals surface area contributed by atoms with Crippen LogP contribution in [-0.2, 0) is 18.9 Å². The summed E-state index contributed by atoms with van der Waals surface area (Å²) < 4.78 is 47.2. The molecule has 30 heavy (non-hydrogen) atoms. The van der Waals surface area contributed by atoms with Gasteiger partial charge in [0.2, 0.25) is 0 Å². The summed E-state index contributed by atoms with van der Waals surface area (Å²) in [7, 11) is 0. The molecule has 1 N–H and O–H groups in total. The first-order valence-corrected chi connectivity index (χ1v) is 9.42. The number of nitrogens with zero attached hydrogens (tertiary/aromatic N) is 3. The molecule has 3 aromatic rings. The van der Waals surface area contributed by atoms with E-state index < -0.39 is 22.9 Å². The summed E-state index contributed by atoms with van der Waals surface area (Å²) in [5.41, 5.74) is 0.853. The molecule has 2 aromatic heterocycles. The summed E-state index contributed by atoms with van der Waals surface area (Å²) in [6.07, 6.45) is 3.44. The summed E-state index contributed by atoms with van der Waals surface area (Å²) in [5.74, 6) is -3.80. The molecule has 0 aliphatic carbocycles. The van der Waals surface area contributed by atoms with Crippen LogP contribution in [0.15, 0.2) is 41.5 Å². The van der Waals surface area contributed by atoms with Crippen LogP contribution in [0.25, 0.3) is 0 Å². The predicted octanol–water partition coefficient (Wildman–Crippen LogP) is 4.42. The first-order chi connectivity index (χ1) is 14.2. The van der Waals surface area contributed by atoms with Gasteiger partial charge in [0.1, 0.15) is 22.3 Å². The molecule has 0 bridgehead atoms. The zero-order chi connectivity index (χ0) is 21.5. The highest BCUT2D eigenvalue weighted by molar-refractivity contribution is 6.33. The van der Waals surface area contributed by atoms with Crippen LogP contribution in [-0.4, -0.2) is 21.7 Å². The molecule has 10 heteroatoms. The number of rotatable bonds is 4. The first kappa shape index (κ1) is 20.2. The zero-order valence-electron chi connectivity index (χ0n) is 15.8. The smallest absolute Gasteiger partial charge is 0.285 e. The van der Waals surface area contributed by atoms with E-state index in [0.717, 1.165) is 17.7 Å². The van der Waals surface area contributed by atoms with Gasteiger partial charge >= 0.3 is 0 Å². The van der Waals surface area contributed by atoms with Gasteiger partial charge in [-0.25, -0.2) is 18.3 Å². The lowest BCUT2D eigenvalue weighted by Crippen LogP contribution is -2.32. The lowest BCUT2D eigenvalue weighted by molar-refractivity contribution is 0.0152. The zero-order valence-corrected chi connectivity index (χ0v) is 16.5. The van der Waals surface area contributed by atoms with Crippen molar-refractivity contribution < 1.29 is 17.9 Å². The van der Waals surface area contributed by atoms with Crippen molar-refractivity contribution in [1.82, 2.24) is 15.2 Å². The number of fused-ring (bicyclic) bond motifs is 1. The van der Waals surface area contributed by atoms with Crippen LogP contribution in [0.5, 0.6) is 11.5 Å². The lowest BCUT2D eigenvalue weighted by atomic mass is 10.0. The van der Waals surface area contributed by atoms with Gasteiger partial charge in [0, 0.05) is 25.2 Å². The Morgan fingerprint density at radius 2 is 2.07 bits per heavy atom. The van der Waals surface area contributed by atoms with E-state index in [2.05, 4.69) is 15.2 Å². The van der Waals surface area contributed by atoms with Gasteiger partial charge in [-0.15, -0.1) is 0 Å². The maximum Gasteiger partial charge on any atom is 0.285 e. The molecule has 0 atom stereocenters. The van der Waals surface area contributed by atoms with E-state index in [1.807, 2.05) is 4.90 Å². The second-order valence-electron chi connectivity index (χ2n) is 6.94. The van der Waals surface area contributed by atoms with Gasteiger partial charge < -0.3 is 9.64 Å². The number of H-pyrrole nitrogens is 1. The van der Waals surface area contributed by atoms with Crippen molar-refractivity contribution in [3.8, 4) is 11.5 Å². The monoisotopic (exact) mass is 436 g/mol. The fourth-order valence-electron chi connectivity index (χ4n) is 3.37. The van der Waals surface area contributed by atoms with Gasteiger partial charge in [-0.3, -0.25) is 9.78 Å². The molecule has 0 radical (unpaired) electrons. The van der Waals surface area contributed by atoms with Gasteiger partial charge in [0.25, 0.3) is 11.5 Å². The van der Waals surface area contributed by atoms with Crippen LogP contribution in [0.1, 0.15) is 23.7 Å². The molecule has 1 aromatic carbocycles. The molecule has 4 rings (SSSR count). The fraction of sp³-hybridized carbons (Fsp3) is 0.250. The Hall–Kier alpha value is -3.07. The van der Waals surface area contributed by atoms with Crippen molar-refractivity contribution >= 4 is 17.3 Å². The first-order valence-electron chi connectivity index (χ1n) is 9.04. The summed E-state index contributed by atoms with van der Waals surface area (Å²) in [6.45, 7) is 1.51. The van der Waals surface area contributed by atoms with E-state index in [4.69, 9.17) is 16.3 Å². The predicted molar refractivity (Wildman–Crippen MR) is 105 cm³/mol. The quantitative estimate of drug-likeness (QED) is 0.655. The average Bonchev–Trinajstić information content (AvgIpc) is 2.70. The molecule has 3 heterocycles. The van der Waals surface area contributed by atoms with Gasteiger partial charge in [-0.2, -0.15) is 5.10 Å². The number of pyridine rings is 1. The van der Waals surface area contributed by atoms with Gasteiger partial charge in [0.05, 0.1) is 29.7 Å². The van der Waals surface area contributed by atoms with E-state index in [1.165, 1.54) is 18.5 Å². The van der Waals surface area contributed by atoms with Crippen LogP contribution < -0.4 is 15.2 Å². The Morgan fingerprint density at radius 1 is 1.27 bits per heavy atom. The number of hydrogen-bond acceptors (Lipinski definition) is 5. The van der Waals surface area contributed by atoms with Crippen molar-refractivity contribution in [2.75, 3.05) is 11.4 Å². The molecule has 0 amide bonds. The molecular weight excluding hydrogens is 421 g/mol. The third-order valence-corrected chi connectivity index (χ3v) is 5.19.